The van der Waals surface area contributed by atoms with Gasteiger partial charge in [-0.05, 0) is 49.9 Å². The summed E-state index contributed by atoms with van der Waals surface area (Å²) >= 11 is 5.89. The van der Waals surface area contributed by atoms with E-state index >= 15 is 0 Å². The van der Waals surface area contributed by atoms with Crippen molar-refractivity contribution in [3.8, 4) is 0 Å². The predicted octanol–water partition coefficient (Wildman–Crippen LogP) is 2.58. The zero-order valence-corrected chi connectivity index (χ0v) is 13.5. The van der Waals surface area contributed by atoms with Crippen LogP contribution in [0.1, 0.15) is 31.2 Å². The Morgan fingerprint density at radius 3 is 2.71 bits per heavy atom. The molecule has 1 fully saturated rings. The number of sulfonamides is 1. The molecule has 21 heavy (non-hydrogen) atoms. The molecule has 1 aromatic rings. The van der Waals surface area contributed by atoms with Crippen molar-refractivity contribution in [2.24, 2.45) is 11.7 Å². The lowest BCUT2D eigenvalue weighted by Gasteiger charge is -2.31. The summed E-state index contributed by atoms with van der Waals surface area (Å²) < 4.78 is 41.1. The molecule has 1 aromatic carbocycles. The van der Waals surface area contributed by atoms with E-state index in [9.17, 15) is 12.8 Å². The van der Waals surface area contributed by atoms with E-state index in [1.165, 1.54) is 13.0 Å². The number of halogens is 2. The summed E-state index contributed by atoms with van der Waals surface area (Å²) in [6.07, 6.45) is 3.72. The van der Waals surface area contributed by atoms with Crippen LogP contribution in [0.5, 0.6) is 0 Å². The normalized spacial score (nSPS) is 23.2. The second-order valence-electron chi connectivity index (χ2n) is 5.54. The minimum atomic E-state index is -3.78. The first kappa shape index (κ1) is 16.7. The van der Waals surface area contributed by atoms with Crippen molar-refractivity contribution >= 4 is 21.6 Å². The zero-order chi connectivity index (χ0) is 15.6. The minimum Gasteiger partial charge on any atom is -0.330 e. The van der Waals surface area contributed by atoms with Gasteiger partial charge in [-0.25, -0.2) is 17.5 Å². The summed E-state index contributed by atoms with van der Waals surface area (Å²) in [6, 6.07) is 2.11. The van der Waals surface area contributed by atoms with Crippen LogP contribution in [0.25, 0.3) is 0 Å². The van der Waals surface area contributed by atoms with Crippen LogP contribution in [0.15, 0.2) is 17.0 Å². The van der Waals surface area contributed by atoms with Crippen LogP contribution in [0.3, 0.4) is 0 Å². The van der Waals surface area contributed by atoms with E-state index in [0.717, 1.165) is 31.7 Å². The summed E-state index contributed by atoms with van der Waals surface area (Å²) in [5, 5.41) is -0.106. The zero-order valence-electron chi connectivity index (χ0n) is 11.9. The molecule has 0 bridgehead atoms. The maximum atomic E-state index is 13.4. The molecule has 2 atom stereocenters. The molecule has 0 spiro atoms. The van der Waals surface area contributed by atoms with Gasteiger partial charge in [0.2, 0.25) is 10.0 Å². The molecule has 118 valence electrons. The van der Waals surface area contributed by atoms with Crippen molar-refractivity contribution in [3.05, 3.63) is 28.5 Å². The van der Waals surface area contributed by atoms with Crippen molar-refractivity contribution in [1.29, 1.82) is 0 Å². The van der Waals surface area contributed by atoms with E-state index in [-0.39, 0.29) is 27.4 Å². The molecule has 1 aliphatic carbocycles. The standard InChI is InChI=1S/C14H20ClFN2O2S/c1-9-6-14(11(15)7-12(9)16)21(19,20)18-13-5-3-2-4-10(13)8-17/h6-7,10,13,18H,2-5,8,17H2,1H3. The topological polar surface area (TPSA) is 72.2 Å². The highest BCUT2D eigenvalue weighted by molar-refractivity contribution is 7.89. The third-order valence-corrected chi connectivity index (χ3v) is 5.98. The largest absolute Gasteiger partial charge is 0.330 e. The van der Waals surface area contributed by atoms with Crippen LogP contribution < -0.4 is 10.5 Å². The summed E-state index contributed by atoms with van der Waals surface area (Å²) in [7, 11) is -3.78. The molecule has 2 rings (SSSR count). The Hall–Kier alpha value is -0.690. The molecule has 0 saturated heterocycles. The maximum absolute atomic E-state index is 13.4. The molecular formula is C14H20ClFN2O2S. The molecule has 7 heteroatoms. The number of aryl methyl sites for hydroxylation is 1. The number of hydrogen-bond donors (Lipinski definition) is 2. The summed E-state index contributed by atoms with van der Waals surface area (Å²) in [5.74, 6) is -0.384. The number of rotatable bonds is 4. The highest BCUT2D eigenvalue weighted by atomic mass is 35.5. The lowest BCUT2D eigenvalue weighted by molar-refractivity contribution is 0.296. The van der Waals surface area contributed by atoms with Crippen molar-refractivity contribution in [1.82, 2.24) is 4.72 Å². The van der Waals surface area contributed by atoms with Gasteiger partial charge in [0.15, 0.2) is 0 Å². The SMILES string of the molecule is Cc1cc(S(=O)(=O)NC2CCCCC2CN)c(Cl)cc1F. The van der Waals surface area contributed by atoms with Crippen LogP contribution in [0.4, 0.5) is 4.39 Å². The Balaban J connectivity index is 2.28. The molecule has 0 aliphatic heterocycles. The van der Waals surface area contributed by atoms with Crippen LogP contribution in [-0.4, -0.2) is 21.0 Å². The Bertz CT molecular complexity index is 622. The molecule has 3 N–H and O–H groups in total. The lowest BCUT2D eigenvalue weighted by Crippen LogP contribution is -2.44. The van der Waals surface area contributed by atoms with Gasteiger partial charge in [-0.3, -0.25) is 0 Å². The highest BCUT2D eigenvalue weighted by Gasteiger charge is 2.30. The van der Waals surface area contributed by atoms with Gasteiger partial charge in [0, 0.05) is 6.04 Å². The number of nitrogens with two attached hydrogens (primary N) is 1. The Morgan fingerprint density at radius 2 is 2.05 bits per heavy atom. The molecule has 1 aliphatic rings. The molecule has 2 unspecified atom stereocenters. The fourth-order valence-electron chi connectivity index (χ4n) is 2.74. The third kappa shape index (κ3) is 3.74. The van der Waals surface area contributed by atoms with E-state index in [1.54, 1.807) is 0 Å². The highest BCUT2D eigenvalue weighted by Crippen LogP contribution is 2.28. The average Bonchev–Trinajstić information content (AvgIpc) is 2.43. The second-order valence-corrected chi connectivity index (χ2v) is 7.63. The van der Waals surface area contributed by atoms with Gasteiger partial charge in [0.25, 0.3) is 0 Å². The molecule has 0 aromatic heterocycles. The van der Waals surface area contributed by atoms with Crippen LogP contribution in [0.2, 0.25) is 5.02 Å². The predicted molar refractivity (Wildman–Crippen MR) is 81.3 cm³/mol. The first-order valence-electron chi connectivity index (χ1n) is 7.03. The van der Waals surface area contributed by atoms with E-state index in [1.807, 2.05) is 0 Å². The Kier molecular flexibility index (Phi) is 5.24. The first-order valence-corrected chi connectivity index (χ1v) is 8.89. The molecule has 0 amide bonds. The van der Waals surface area contributed by atoms with E-state index in [4.69, 9.17) is 17.3 Å². The second kappa shape index (κ2) is 6.60. The quantitative estimate of drug-likeness (QED) is 0.889. The van der Waals surface area contributed by atoms with Gasteiger partial charge < -0.3 is 5.73 Å². The summed E-state index contributed by atoms with van der Waals surface area (Å²) in [5.41, 5.74) is 5.96. The Labute approximate surface area is 129 Å². The fraction of sp³-hybridized carbons (Fsp3) is 0.571. The molecule has 1 saturated carbocycles. The van der Waals surface area contributed by atoms with E-state index in [2.05, 4.69) is 4.72 Å². The monoisotopic (exact) mass is 334 g/mol. The number of nitrogens with one attached hydrogen (secondary N) is 1. The summed E-state index contributed by atoms with van der Waals surface area (Å²) in [4.78, 5) is -0.0792. The van der Waals surface area contributed by atoms with Crippen LogP contribution >= 0.6 is 11.6 Å². The number of hydrogen-bond acceptors (Lipinski definition) is 3. The van der Waals surface area contributed by atoms with Crippen molar-refractivity contribution in [2.75, 3.05) is 6.54 Å². The molecule has 0 radical (unpaired) electrons. The Morgan fingerprint density at radius 1 is 1.38 bits per heavy atom. The van der Waals surface area contributed by atoms with Gasteiger partial charge in [0.1, 0.15) is 10.7 Å². The van der Waals surface area contributed by atoms with Gasteiger partial charge >= 0.3 is 0 Å². The first-order chi connectivity index (χ1) is 9.85. The smallest absolute Gasteiger partial charge is 0.242 e. The molecule has 4 nitrogen and oxygen atoms in total. The molecular weight excluding hydrogens is 315 g/mol. The average molecular weight is 335 g/mol. The van der Waals surface area contributed by atoms with Crippen molar-refractivity contribution < 1.29 is 12.8 Å². The minimum absolute atomic E-state index is 0.0792. The van der Waals surface area contributed by atoms with Crippen LogP contribution in [0, 0.1) is 18.7 Å². The maximum Gasteiger partial charge on any atom is 0.242 e. The third-order valence-electron chi connectivity index (χ3n) is 4.02. The lowest BCUT2D eigenvalue weighted by atomic mass is 9.85. The van der Waals surface area contributed by atoms with Gasteiger partial charge in [-0.2, -0.15) is 0 Å². The van der Waals surface area contributed by atoms with E-state index in [0.29, 0.717) is 6.54 Å². The van der Waals surface area contributed by atoms with Crippen LogP contribution in [-0.2, 0) is 10.0 Å². The van der Waals surface area contributed by atoms with Gasteiger partial charge in [0.05, 0.1) is 5.02 Å². The molecule has 0 heterocycles. The fourth-order valence-corrected chi connectivity index (χ4v) is 4.68. The summed E-state index contributed by atoms with van der Waals surface area (Å²) in [6.45, 7) is 1.96. The van der Waals surface area contributed by atoms with Gasteiger partial charge in [-0.1, -0.05) is 24.4 Å². The van der Waals surface area contributed by atoms with Crippen molar-refractivity contribution in [2.45, 2.75) is 43.5 Å². The number of benzene rings is 1. The van der Waals surface area contributed by atoms with E-state index < -0.39 is 15.8 Å². The van der Waals surface area contributed by atoms with Crippen molar-refractivity contribution in [3.63, 3.8) is 0 Å². The van der Waals surface area contributed by atoms with Gasteiger partial charge in [-0.15, -0.1) is 0 Å².